The number of urea groups is 1. The number of alkyl halides is 3. The van der Waals surface area contributed by atoms with Crippen molar-refractivity contribution in [1.82, 2.24) is 9.88 Å². The highest BCUT2D eigenvalue weighted by Crippen LogP contribution is 2.30. The topological polar surface area (TPSA) is 45.2 Å². The van der Waals surface area contributed by atoms with Gasteiger partial charge in [-0.2, -0.15) is 13.2 Å². The Balaban J connectivity index is 1.51. The zero-order valence-electron chi connectivity index (χ0n) is 18.2. The molecule has 1 aromatic heterocycles. The van der Waals surface area contributed by atoms with Gasteiger partial charge in [0.1, 0.15) is 0 Å². The molecule has 4 rings (SSSR count). The standard InChI is InChI=1S/C27H22F3N3O/c28-27(29,30)24-12-14-25(15-13-24)32-26(34)33(19-21-5-4-16-31-17-21)18-20-8-10-23(11-9-20)22-6-2-1-3-7-22/h1-17H,18-19H2,(H,32,34). The lowest BCUT2D eigenvalue weighted by molar-refractivity contribution is -0.137. The Bertz CT molecular complexity index is 1210. The maximum Gasteiger partial charge on any atom is 0.416 e. The van der Waals surface area contributed by atoms with Crippen LogP contribution in [0.1, 0.15) is 16.7 Å². The number of pyridine rings is 1. The van der Waals surface area contributed by atoms with Crippen LogP contribution < -0.4 is 5.32 Å². The van der Waals surface area contributed by atoms with Gasteiger partial charge in [0.15, 0.2) is 0 Å². The molecular formula is C27H22F3N3O. The number of halogens is 3. The molecule has 2 amide bonds. The van der Waals surface area contributed by atoms with E-state index in [4.69, 9.17) is 0 Å². The minimum atomic E-state index is -4.43. The molecule has 4 aromatic rings. The predicted octanol–water partition coefficient (Wildman–Crippen LogP) is 7.00. The van der Waals surface area contributed by atoms with Gasteiger partial charge in [-0.15, -0.1) is 0 Å². The third-order valence-corrected chi connectivity index (χ3v) is 5.28. The van der Waals surface area contributed by atoms with Gasteiger partial charge in [-0.25, -0.2) is 4.79 Å². The third-order valence-electron chi connectivity index (χ3n) is 5.28. The second-order valence-corrected chi connectivity index (χ2v) is 7.79. The predicted molar refractivity (Wildman–Crippen MR) is 126 cm³/mol. The Morgan fingerprint density at radius 2 is 1.41 bits per heavy atom. The first-order chi connectivity index (χ1) is 16.4. The van der Waals surface area contributed by atoms with Crippen molar-refractivity contribution in [3.63, 3.8) is 0 Å². The van der Waals surface area contributed by atoms with Crippen LogP contribution >= 0.6 is 0 Å². The van der Waals surface area contributed by atoms with Crippen molar-refractivity contribution in [1.29, 1.82) is 0 Å². The Labute approximate surface area is 195 Å². The van der Waals surface area contributed by atoms with E-state index in [9.17, 15) is 18.0 Å². The van der Waals surface area contributed by atoms with Crippen molar-refractivity contribution in [3.05, 3.63) is 120 Å². The Morgan fingerprint density at radius 1 is 0.765 bits per heavy atom. The zero-order chi connectivity index (χ0) is 24.0. The molecule has 0 bridgehead atoms. The summed E-state index contributed by atoms with van der Waals surface area (Å²) in [6, 6.07) is 25.5. The molecule has 0 radical (unpaired) electrons. The molecule has 0 spiro atoms. The second kappa shape index (κ2) is 10.2. The summed E-state index contributed by atoms with van der Waals surface area (Å²) in [5.41, 5.74) is 3.45. The van der Waals surface area contributed by atoms with Gasteiger partial charge in [0.05, 0.1) is 5.56 Å². The van der Waals surface area contributed by atoms with E-state index in [0.717, 1.165) is 34.4 Å². The zero-order valence-corrected chi connectivity index (χ0v) is 18.2. The van der Waals surface area contributed by atoms with Crippen molar-refractivity contribution in [2.75, 3.05) is 5.32 Å². The SMILES string of the molecule is O=C(Nc1ccc(C(F)(F)F)cc1)N(Cc1ccc(-c2ccccc2)cc1)Cc1cccnc1. The number of benzene rings is 3. The van der Waals surface area contributed by atoms with E-state index in [2.05, 4.69) is 10.3 Å². The molecular weight excluding hydrogens is 439 g/mol. The molecule has 34 heavy (non-hydrogen) atoms. The van der Waals surface area contributed by atoms with Gasteiger partial charge in [-0.1, -0.05) is 60.7 Å². The number of hydrogen-bond acceptors (Lipinski definition) is 2. The van der Waals surface area contributed by atoms with Crippen LogP contribution in [-0.4, -0.2) is 15.9 Å². The summed E-state index contributed by atoms with van der Waals surface area (Å²) in [5.74, 6) is 0. The number of hydrogen-bond donors (Lipinski definition) is 1. The molecule has 0 atom stereocenters. The molecule has 0 unspecified atom stereocenters. The molecule has 0 saturated heterocycles. The lowest BCUT2D eigenvalue weighted by Gasteiger charge is -2.23. The summed E-state index contributed by atoms with van der Waals surface area (Å²) in [5, 5.41) is 2.70. The smallest absolute Gasteiger partial charge is 0.316 e. The second-order valence-electron chi connectivity index (χ2n) is 7.79. The van der Waals surface area contributed by atoms with E-state index in [0.29, 0.717) is 13.1 Å². The number of anilines is 1. The molecule has 0 aliphatic carbocycles. The normalized spacial score (nSPS) is 11.1. The van der Waals surface area contributed by atoms with Crippen LogP contribution in [0.5, 0.6) is 0 Å². The molecule has 0 fully saturated rings. The first-order valence-corrected chi connectivity index (χ1v) is 10.6. The van der Waals surface area contributed by atoms with Crippen LogP contribution in [0, 0.1) is 0 Å². The molecule has 0 aliphatic rings. The molecule has 1 N–H and O–H groups in total. The van der Waals surface area contributed by atoms with E-state index in [1.54, 1.807) is 23.4 Å². The molecule has 0 saturated carbocycles. The molecule has 4 nitrogen and oxygen atoms in total. The number of nitrogens with one attached hydrogen (secondary N) is 1. The Hall–Kier alpha value is -4.13. The first kappa shape index (κ1) is 23.0. The van der Waals surface area contributed by atoms with Crippen molar-refractivity contribution in [2.24, 2.45) is 0 Å². The van der Waals surface area contributed by atoms with Gasteiger partial charge in [-0.05, 0) is 52.6 Å². The van der Waals surface area contributed by atoms with Crippen molar-refractivity contribution in [3.8, 4) is 11.1 Å². The number of carbonyl (C=O) groups is 1. The average molecular weight is 461 g/mol. The Morgan fingerprint density at radius 3 is 2.03 bits per heavy atom. The molecule has 0 aliphatic heterocycles. The minimum Gasteiger partial charge on any atom is -0.316 e. The van der Waals surface area contributed by atoms with Crippen LogP contribution in [0.15, 0.2) is 103 Å². The van der Waals surface area contributed by atoms with Crippen LogP contribution in [0.2, 0.25) is 0 Å². The first-order valence-electron chi connectivity index (χ1n) is 10.6. The summed E-state index contributed by atoms with van der Waals surface area (Å²) in [6.07, 6.45) is -1.10. The summed E-state index contributed by atoms with van der Waals surface area (Å²) >= 11 is 0. The fourth-order valence-corrected chi connectivity index (χ4v) is 3.51. The Kier molecular flexibility index (Phi) is 6.92. The molecule has 1 heterocycles. The van der Waals surface area contributed by atoms with Gasteiger partial charge < -0.3 is 10.2 Å². The van der Waals surface area contributed by atoms with Crippen LogP contribution in [0.3, 0.4) is 0 Å². The van der Waals surface area contributed by atoms with Crippen molar-refractivity contribution in [2.45, 2.75) is 19.3 Å². The summed E-state index contributed by atoms with van der Waals surface area (Å²) in [4.78, 5) is 18.8. The third kappa shape index (κ3) is 6.01. The van der Waals surface area contributed by atoms with Gasteiger partial charge >= 0.3 is 12.2 Å². The molecule has 7 heteroatoms. The molecule has 3 aromatic carbocycles. The maximum absolute atomic E-state index is 13.1. The van der Waals surface area contributed by atoms with E-state index in [1.807, 2.05) is 60.7 Å². The molecule has 172 valence electrons. The van der Waals surface area contributed by atoms with Crippen LogP contribution in [-0.2, 0) is 19.3 Å². The minimum absolute atomic E-state index is 0.286. The number of aromatic nitrogens is 1. The number of amides is 2. The largest absolute Gasteiger partial charge is 0.416 e. The van der Waals surface area contributed by atoms with E-state index >= 15 is 0 Å². The lowest BCUT2D eigenvalue weighted by atomic mass is 10.0. The summed E-state index contributed by atoms with van der Waals surface area (Å²) in [6.45, 7) is 0.608. The monoisotopic (exact) mass is 461 g/mol. The van der Waals surface area contributed by atoms with Gasteiger partial charge in [0.2, 0.25) is 0 Å². The van der Waals surface area contributed by atoms with Crippen molar-refractivity contribution < 1.29 is 18.0 Å². The quantitative estimate of drug-likeness (QED) is 0.336. The maximum atomic E-state index is 13.1. The van der Waals surface area contributed by atoms with Crippen molar-refractivity contribution >= 4 is 11.7 Å². The average Bonchev–Trinajstić information content (AvgIpc) is 2.85. The highest BCUT2D eigenvalue weighted by Gasteiger charge is 2.30. The summed E-state index contributed by atoms with van der Waals surface area (Å²) < 4.78 is 38.5. The van der Waals surface area contributed by atoms with Crippen LogP contribution in [0.25, 0.3) is 11.1 Å². The fraction of sp³-hybridized carbons (Fsp3) is 0.111. The van der Waals surface area contributed by atoms with Gasteiger partial charge in [0.25, 0.3) is 0 Å². The van der Waals surface area contributed by atoms with Gasteiger partial charge in [0, 0.05) is 31.2 Å². The summed E-state index contributed by atoms with van der Waals surface area (Å²) in [7, 11) is 0. The number of rotatable bonds is 6. The van der Waals surface area contributed by atoms with Gasteiger partial charge in [-0.3, -0.25) is 4.98 Å². The number of carbonyl (C=O) groups excluding carboxylic acids is 1. The lowest BCUT2D eigenvalue weighted by Crippen LogP contribution is -2.34. The van der Waals surface area contributed by atoms with E-state index in [-0.39, 0.29) is 5.69 Å². The van der Waals surface area contributed by atoms with Crippen LogP contribution in [0.4, 0.5) is 23.7 Å². The highest BCUT2D eigenvalue weighted by molar-refractivity contribution is 5.89. The number of nitrogens with zero attached hydrogens (tertiary/aromatic N) is 2. The highest BCUT2D eigenvalue weighted by atomic mass is 19.4. The fourth-order valence-electron chi connectivity index (χ4n) is 3.51. The van der Waals surface area contributed by atoms with E-state index in [1.165, 1.54) is 12.1 Å². The van der Waals surface area contributed by atoms with E-state index < -0.39 is 17.8 Å².